The van der Waals surface area contributed by atoms with Crippen LogP contribution < -0.4 is 9.47 Å². The molecule has 1 aliphatic rings. The fraction of sp³-hybridized carbons (Fsp3) is 0.190. The lowest BCUT2D eigenvalue weighted by Gasteiger charge is -2.12. The molecule has 0 atom stereocenters. The van der Waals surface area contributed by atoms with Gasteiger partial charge in [-0.2, -0.15) is 5.26 Å². The van der Waals surface area contributed by atoms with Gasteiger partial charge in [0, 0.05) is 11.6 Å². The van der Waals surface area contributed by atoms with Gasteiger partial charge in [-0.3, -0.25) is 24.6 Å². The van der Waals surface area contributed by atoms with Crippen LogP contribution in [-0.4, -0.2) is 34.2 Å². The minimum atomic E-state index is -0.546. The average molecular weight is 439 g/mol. The zero-order chi connectivity index (χ0) is 22.4. The van der Waals surface area contributed by atoms with E-state index in [4.69, 9.17) is 14.7 Å². The second kappa shape index (κ2) is 9.77. The van der Waals surface area contributed by atoms with Gasteiger partial charge in [0.2, 0.25) is 0 Å². The van der Waals surface area contributed by atoms with Crippen molar-refractivity contribution in [2.45, 2.75) is 13.5 Å². The van der Waals surface area contributed by atoms with Crippen LogP contribution in [0.15, 0.2) is 47.4 Å². The van der Waals surface area contributed by atoms with E-state index < -0.39 is 16.1 Å². The van der Waals surface area contributed by atoms with Crippen LogP contribution in [-0.2, 0) is 11.3 Å². The van der Waals surface area contributed by atoms with Crippen LogP contribution in [0, 0.1) is 21.4 Å². The number of carbonyl (C=O) groups is 2. The van der Waals surface area contributed by atoms with E-state index >= 15 is 0 Å². The molecule has 0 bridgehead atoms. The van der Waals surface area contributed by atoms with Crippen LogP contribution >= 0.6 is 11.8 Å². The van der Waals surface area contributed by atoms with E-state index in [0.29, 0.717) is 23.7 Å². The lowest BCUT2D eigenvalue weighted by molar-refractivity contribution is -0.385. The minimum Gasteiger partial charge on any atom is -0.490 e. The van der Waals surface area contributed by atoms with E-state index in [9.17, 15) is 19.7 Å². The zero-order valence-electron chi connectivity index (χ0n) is 16.4. The summed E-state index contributed by atoms with van der Waals surface area (Å²) >= 11 is 0.761. The summed E-state index contributed by atoms with van der Waals surface area (Å²) in [5, 5.41) is 19.4. The number of thioether (sulfide) groups is 1. The largest absolute Gasteiger partial charge is 0.490 e. The predicted molar refractivity (Wildman–Crippen MR) is 113 cm³/mol. The van der Waals surface area contributed by atoms with Crippen LogP contribution in [0.2, 0.25) is 0 Å². The van der Waals surface area contributed by atoms with Crippen molar-refractivity contribution < 1.29 is 24.0 Å². The standard InChI is InChI=1S/C21H17N3O6S/c1-2-29-18-11-14(7-8-17(18)30-10-9-22)12-19-20(25)23(21(26)31-19)13-15-5-3-4-6-16(15)24(27)28/h3-8,11-12H,2,10,13H2,1H3. The molecule has 31 heavy (non-hydrogen) atoms. The molecule has 3 rings (SSSR count). The van der Waals surface area contributed by atoms with E-state index in [-0.39, 0.29) is 29.3 Å². The Morgan fingerprint density at radius 2 is 1.97 bits per heavy atom. The third kappa shape index (κ3) is 5.02. The maximum atomic E-state index is 12.8. The number of nitrogens with zero attached hydrogens (tertiary/aromatic N) is 3. The third-order valence-corrected chi connectivity index (χ3v) is 5.16. The van der Waals surface area contributed by atoms with Gasteiger partial charge in [-0.25, -0.2) is 0 Å². The summed E-state index contributed by atoms with van der Waals surface area (Å²) < 4.78 is 10.8. The van der Waals surface area contributed by atoms with E-state index in [0.717, 1.165) is 16.7 Å². The highest BCUT2D eigenvalue weighted by molar-refractivity contribution is 8.18. The van der Waals surface area contributed by atoms with Gasteiger partial charge in [0.15, 0.2) is 18.1 Å². The molecule has 2 amide bonds. The maximum Gasteiger partial charge on any atom is 0.293 e. The molecule has 0 aromatic heterocycles. The molecule has 0 aliphatic carbocycles. The highest BCUT2D eigenvalue weighted by Crippen LogP contribution is 2.36. The van der Waals surface area contributed by atoms with Crippen LogP contribution in [0.4, 0.5) is 10.5 Å². The van der Waals surface area contributed by atoms with E-state index in [1.807, 2.05) is 6.07 Å². The fourth-order valence-corrected chi connectivity index (χ4v) is 3.73. The van der Waals surface area contributed by atoms with E-state index in [1.54, 1.807) is 37.3 Å². The molecule has 0 N–H and O–H groups in total. The van der Waals surface area contributed by atoms with Crippen molar-refractivity contribution in [3.63, 3.8) is 0 Å². The molecule has 0 spiro atoms. The van der Waals surface area contributed by atoms with Crippen LogP contribution in [0.25, 0.3) is 6.08 Å². The van der Waals surface area contributed by atoms with Gasteiger partial charge < -0.3 is 9.47 Å². The van der Waals surface area contributed by atoms with Gasteiger partial charge in [-0.1, -0.05) is 24.3 Å². The normalized spacial score (nSPS) is 14.6. The number of hydrogen-bond donors (Lipinski definition) is 0. The monoisotopic (exact) mass is 439 g/mol. The molecular formula is C21H17N3O6S. The molecule has 1 heterocycles. The first-order chi connectivity index (χ1) is 14.9. The molecular weight excluding hydrogens is 422 g/mol. The Kier molecular flexibility index (Phi) is 6.89. The molecule has 0 radical (unpaired) electrons. The fourth-order valence-electron chi connectivity index (χ4n) is 2.89. The Labute approximate surface area is 182 Å². The molecule has 0 saturated carbocycles. The van der Waals surface area contributed by atoms with Crippen molar-refractivity contribution in [2.24, 2.45) is 0 Å². The topological polar surface area (TPSA) is 123 Å². The molecule has 9 nitrogen and oxygen atoms in total. The molecule has 10 heteroatoms. The number of para-hydroxylation sites is 1. The number of nitro benzene ring substituents is 1. The Morgan fingerprint density at radius 3 is 2.68 bits per heavy atom. The van der Waals surface area contributed by atoms with Crippen molar-refractivity contribution in [1.82, 2.24) is 4.90 Å². The van der Waals surface area contributed by atoms with Crippen molar-refractivity contribution in [1.29, 1.82) is 5.26 Å². The van der Waals surface area contributed by atoms with Crippen LogP contribution in [0.5, 0.6) is 11.5 Å². The quantitative estimate of drug-likeness (QED) is 0.342. The Morgan fingerprint density at radius 1 is 1.19 bits per heavy atom. The van der Waals surface area contributed by atoms with E-state index in [1.165, 1.54) is 18.2 Å². The number of nitro groups is 1. The number of rotatable bonds is 8. The molecule has 158 valence electrons. The minimum absolute atomic E-state index is 0.135. The van der Waals surface area contributed by atoms with Gasteiger partial charge in [0.1, 0.15) is 6.07 Å². The zero-order valence-corrected chi connectivity index (χ0v) is 17.3. The molecule has 1 fully saturated rings. The van der Waals surface area contributed by atoms with Gasteiger partial charge in [0.05, 0.1) is 23.0 Å². The van der Waals surface area contributed by atoms with Crippen LogP contribution in [0.1, 0.15) is 18.1 Å². The lowest BCUT2D eigenvalue weighted by Crippen LogP contribution is -2.27. The lowest BCUT2D eigenvalue weighted by atomic mass is 10.1. The second-order valence-corrected chi connectivity index (χ2v) is 7.23. The van der Waals surface area contributed by atoms with E-state index in [2.05, 4.69) is 0 Å². The second-order valence-electron chi connectivity index (χ2n) is 6.24. The Balaban J connectivity index is 1.84. The molecule has 2 aromatic rings. The van der Waals surface area contributed by atoms with Gasteiger partial charge in [0.25, 0.3) is 16.8 Å². The van der Waals surface area contributed by atoms with Gasteiger partial charge in [-0.05, 0) is 42.5 Å². The highest BCUT2D eigenvalue weighted by Gasteiger charge is 2.36. The number of benzene rings is 2. The molecule has 1 aliphatic heterocycles. The number of hydrogen-bond acceptors (Lipinski definition) is 8. The van der Waals surface area contributed by atoms with Gasteiger partial charge >= 0.3 is 0 Å². The third-order valence-electron chi connectivity index (χ3n) is 4.25. The molecule has 1 saturated heterocycles. The smallest absolute Gasteiger partial charge is 0.293 e. The maximum absolute atomic E-state index is 12.8. The first-order valence-corrected chi connectivity index (χ1v) is 10.0. The summed E-state index contributed by atoms with van der Waals surface area (Å²) in [6.45, 7) is 1.85. The first-order valence-electron chi connectivity index (χ1n) is 9.18. The number of imide groups is 1. The van der Waals surface area contributed by atoms with Crippen LogP contribution in [0.3, 0.4) is 0 Å². The summed E-state index contributed by atoms with van der Waals surface area (Å²) in [6, 6.07) is 12.8. The number of amides is 2. The van der Waals surface area contributed by atoms with Crippen molar-refractivity contribution in [3.8, 4) is 17.6 Å². The summed E-state index contributed by atoms with van der Waals surface area (Å²) in [4.78, 5) is 37.0. The highest BCUT2D eigenvalue weighted by atomic mass is 32.2. The number of carbonyl (C=O) groups excluding carboxylic acids is 2. The molecule has 0 unspecified atom stereocenters. The van der Waals surface area contributed by atoms with Gasteiger partial charge in [-0.15, -0.1) is 0 Å². The Bertz CT molecular complexity index is 1110. The Hall–Kier alpha value is -3.84. The van der Waals surface area contributed by atoms with Crippen molar-refractivity contribution in [2.75, 3.05) is 13.2 Å². The summed E-state index contributed by atoms with van der Waals surface area (Å²) in [5.41, 5.74) is 0.720. The summed E-state index contributed by atoms with van der Waals surface area (Å²) in [5.74, 6) is 0.270. The SMILES string of the molecule is CCOc1cc(C=C2SC(=O)N(Cc3ccccc3[N+](=O)[O-])C2=O)ccc1OCC#N. The predicted octanol–water partition coefficient (Wildman–Crippen LogP) is 4.13. The number of nitriles is 1. The average Bonchev–Trinajstić information content (AvgIpc) is 3.01. The van der Waals surface area contributed by atoms with Crippen molar-refractivity contribution in [3.05, 3.63) is 68.6 Å². The number of ether oxygens (including phenoxy) is 2. The van der Waals surface area contributed by atoms with Crippen molar-refractivity contribution >= 4 is 34.7 Å². The molecule has 2 aromatic carbocycles. The summed E-state index contributed by atoms with van der Waals surface area (Å²) in [7, 11) is 0. The first kappa shape index (κ1) is 21.9. The summed E-state index contributed by atoms with van der Waals surface area (Å²) in [6.07, 6.45) is 1.54.